The number of benzene rings is 2. The number of hydrogen-bond donors (Lipinski definition) is 1. The summed E-state index contributed by atoms with van der Waals surface area (Å²) in [6.07, 6.45) is 2.28. The number of anilines is 1. The first kappa shape index (κ1) is 14.2. The predicted octanol–water partition coefficient (Wildman–Crippen LogP) is 3.38. The van der Waals surface area contributed by atoms with E-state index in [4.69, 9.17) is 4.74 Å². The third kappa shape index (κ3) is 2.09. The number of ether oxygens (including phenoxy) is 1. The highest BCUT2D eigenvalue weighted by atomic mass is 16.5. The standard InChI is InChI=1S/C20H22N2O2/c23-18-7-3-1-5-15(18)20-22(16-6-2-4-8-19(16)24-20)17-13-21-11-9-14(17)10-12-21/h1-8,14,17,20,23H,9-13H2/t17?,20-/m0/s1. The summed E-state index contributed by atoms with van der Waals surface area (Å²) in [4.78, 5) is 4.98. The lowest BCUT2D eigenvalue weighted by molar-refractivity contribution is 0.0696. The summed E-state index contributed by atoms with van der Waals surface area (Å²) in [7, 11) is 0. The predicted molar refractivity (Wildman–Crippen MR) is 93.3 cm³/mol. The van der Waals surface area contributed by atoms with Gasteiger partial charge in [-0.15, -0.1) is 0 Å². The minimum atomic E-state index is -0.242. The van der Waals surface area contributed by atoms with Gasteiger partial charge in [-0.1, -0.05) is 24.3 Å². The zero-order valence-electron chi connectivity index (χ0n) is 13.6. The van der Waals surface area contributed by atoms with Crippen LogP contribution in [0, 0.1) is 5.92 Å². The van der Waals surface area contributed by atoms with Crippen LogP contribution in [-0.2, 0) is 0 Å². The molecule has 1 N–H and O–H groups in total. The van der Waals surface area contributed by atoms with Crippen LogP contribution >= 0.6 is 0 Å². The van der Waals surface area contributed by atoms with Crippen LogP contribution in [0.1, 0.15) is 24.6 Å². The zero-order chi connectivity index (χ0) is 16.1. The van der Waals surface area contributed by atoms with E-state index >= 15 is 0 Å². The van der Waals surface area contributed by atoms with Gasteiger partial charge in [-0.2, -0.15) is 0 Å². The smallest absolute Gasteiger partial charge is 0.202 e. The monoisotopic (exact) mass is 322 g/mol. The van der Waals surface area contributed by atoms with Crippen LogP contribution in [0.3, 0.4) is 0 Å². The van der Waals surface area contributed by atoms with Gasteiger partial charge in [-0.05, 0) is 56.1 Å². The SMILES string of the molecule is Oc1ccccc1[C@@H]1Oc2ccccc2N1C1CN2CCC1CC2. The summed E-state index contributed by atoms with van der Waals surface area (Å²) in [5, 5.41) is 10.4. The van der Waals surface area contributed by atoms with E-state index in [9.17, 15) is 5.11 Å². The molecule has 2 bridgehead atoms. The van der Waals surface area contributed by atoms with E-state index in [1.165, 1.54) is 25.9 Å². The molecule has 0 aromatic heterocycles. The van der Waals surface area contributed by atoms with Crippen molar-refractivity contribution in [2.45, 2.75) is 25.1 Å². The van der Waals surface area contributed by atoms with Gasteiger partial charge in [0, 0.05) is 12.6 Å². The lowest BCUT2D eigenvalue weighted by Gasteiger charge is -2.49. The molecule has 2 aromatic rings. The molecule has 4 heterocycles. The molecular formula is C20H22N2O2. The number of aromatic hydroxyl groups is 1. The van der Waals surface area contributed by atoms with Gasteiger partial charge < -0.3 is 19.6 Å². The normalized spacial score (nSPS) is 30.9. The summed E-state index contributed by atoms with van der Waals surface area (Å²) >= 11 is 0. The highest BCUT2D eigenvalue weighted by Crippen LogP contribution is 2.49. The maximum Gasteiger partial charge on any atom is 0.202 e. The highest BCUT2D eigenvalue weighted by Gasteiger charge is 2.45. The van der Waals surface area contributed by atoms with Crippen molar-refractivity contribution in [2.24, 2.45) is 5.92 Å². The van der Waals surface area contributed by atoms with Crippen molar-refractivity contribution in [2.75, 3.05) is 24.5 Å². The van der Waals surface area contributed by atoms with Crippen LogP contribution in [-0.4, -0.2) is 35.7 Å². The molecule has 3 saturated heterocycles. The van der Waals surface area contributed by atoms with Gasteiger partial charge in [-0.25, -0.2) is 0 Å². The van der Waals surface area contributed by atoms with E-state index in [2.05, 4.69) is 21.9 Å². The summed E-state index contributed by atoms with van der Waals surface area (Å²) < 4.78 is 6.29. The number of piperidine rings is 3. The van der Waals surface area contributed by atoms with Crippen molar-refractivity contribution in [1.29, 1.82) is 0 Å². The van der Waals surface area contributed by atoms with Gasteiger partial charge >= 0.3 is 0 Å². The molecule has 124 valence electrons. The Labute approximate surface area is 142 Å². The van der Waals surface area contributed by atoms with Crippen LogP contribution in [0.25, 0.3) is 0 Å². The fraction of sp³-hybridized carbons (Fsp3) is 0.400. The Bertz CT molecular complexity index is 755. The molecule has 4 aliphatic heterocycles. The van der Waals surface area contributed by atoms with Crippen LogP contribution < -0.4 is 9.64 Å². The van der Waals surface area contributed by atoms with E-state index in [0.717, 1.165) is 23.5 Å². The van der Waals surface area contributed by atoms with Crippen molar-refractivity contribution < 1.29 is 9.84 Å². The van der Waals surface area contributed by atoms with Crippen molar-refractivity contribution in [3.05, 3.63) is 54.1 Å². The molecule has 0 saturated carbocycles. The summed E-state index contributed by atoms with van der Waals surface area (Å²) in [5.41, 5.74) is 2.01. The maximum atomic E-state index is 10.4. The zero-order valence-corrected chi connectivity index (χ0v) is 13.6. The minimum Gasteiger partial charge on any atom is -0.507 e. The number of hydrogen-bond acceptors (Lipinski definition) is 4. The molecule has 24 heavy (non-hydrogen) atoms. The highest BCUT2D eigenvalue weighted by molar-refractivity contribution is 5.64. The Morgan fingerprint density at radius 2 is 1.71 bits per heavy atom. The number of rotatable bonds is 2. The molecule has 1 unspecified atom stereocenters. The fourth-order valence-electron chi connectivity index (χ4n) is 4.58. The Kier molecular flexibility index (Phi) is 3.20. The Balaban J connectivity index is 1.59. The topological polar surface area (TPSA) is 35.9 Å². The average Bonchev–Trinajstić information content (AvgIpc) is 3.02. The molecule has 0 amide bonds. The Hall–Kier alpha value is -2.20. The van der Waals surface area contributed by atoms with E-state index in [1.54, 1.807) is 6.07 Å². The third-order valence-electron chi connectivity index (χ3n) is 5.82. The first-order chi connectivity index (χ1) is 11.8. The van der Waals surface area contributed by atoms with Crippen molar-refractivity contribution in [3.63, 3.8) is 0 Å². The number of phenolic OH excluding ortho intramolecular Hbond substituents is 1. The molecule has 4 heteroatoms. The van der Waals surface area contributed by atoms with Gasteiger partial charge in [0.15, 0.2) is 0 Å². The molecule has 0 spiro atoms. The van der Waals surface area contributed by atoms with Crippen LogP contribution in [0.15, 0.2) is 48.5 Å². The van der Waals surface area contributed by atoms with Crippen molar-refractivity contribution >= 4 is 5.69 Å². The first-order valence-electron chi connectivity index (χ1n) is 8.85. The van der Waals surface area contributed by atoms with Gasteiger partial charge in [0.2, 0.25) is 6.23 Å². The number of phenols is 1. The third-order valence-corrected chi connectivity index (χ3v) is 5.82. The lowest BCUT2D eigenvalue weighted by atomic mass is 9.82. The van der Waals surface area contributed by atoms with Gasteiger partial charge in [0.25, 0.3) is 0 Å². The molecule has 4 aliphatic rings. The van der Waals surface area contributed by atoms with Crippen molar-refractivity contribution in [3.8, 4) is 11.5 Å². The molecule has 6 rings (SSSR count). The quantitative estimate of drug-likeness (QED) is 0.919. The molecule has 4 nitrogen and oxygen atoms in total. The number of fused-ring (bicyclic) bond motifs is 4. The molecule has 2 atom stereocenters. The Morgan fingerprint density at radius 1 is 0.958 bits per heavy atom. The van der Waals surface area contributed by atoms with E-state index in [0.29, 0.717) is 17.7 Å². The van der Waals surface area contributed by atoms with Crippen LogP contribution in [0.4, 0.5) is 5.69 Å². The minimum absolute atomic E-state index is 0.242. The first-order valence-corrected chi connectivity index (χ1v) is 8.85. The van der Waals surface area contributed by atoms with E-state index < -0.39 is 0 Å². The average molecular weight is 322 g/mol. The lowest BCUT2D eigenvalue weighted by Crippen LogP contribution is -2.57. The van der Waals surface area contributed by atoms with Crippen LogP contribution in [0.5, 0.6) is 11.5 Å². The van der Waals surface area contributed by atoms with Gasteiger partial charge in [0.1, 0.15) is 11.5 Å². The van der Waals surface area contributed by atoms with E-state index in [-0.39, 0.29) is 6.23 Å². The summed E-state index contributed by atoms with van der Waals surface area (Å²) in [5.74, 6) is 1.93. The Morgan fingerprint density at radius 3 is 2.46 bits per heavy atom. The largest absolute Gasteiger partial charge is 0.507 e. The molecule has 2 aromatic carbocycles. The summed E-state index contributed by atoms with van der Waals surface area (Å²) in [6, 6.07) is 16.3. The maximum absolute atomic E-state index is 10.4. The van der Waals surface area contributed by atoms with Gasteiger partial charge in [0.05, 0.1) is 11.3 Å². The second-order valence-electron chi connectivity index (χ2n) is 7.11. The molecule has 0 radical (unpaired) electrons. The fourth-order valence-corrected chi connectivity index (χ4v) is 4.58. The summed E-state index contributed by atoms with van der Waals surface area (Å²) in [6.45, 7) is 3.53. The number of nitrogens with zero attached hydrogens (tertiary/aromatic N) is 2. The molecular weight excluding hydrogens is 300 g/mol. The molecule has 0 aliphatic carbocycles. The van der Waals surface area contributed by atoms with Crippen molar-refractivity contribution in [1.82, 2.24) is 4.90 Å². The number of para-hydroxylation sites is 3. The van der Waals surface area contributed by atoms with Crippen LogP contribution in [0.2, 0.25) is 0 Å². The van der Waals surface area contributed by atoms with Gasteiger partial charge in [-0.3, -0.25) is 0 Å². The second kappa shape index (κ2) is 5.42. The molecule has 3 fully saturated rings. The second-order valence-corrected chi connectivity index (χ2v) is 7.11. The van der Waals surface area contributed by atoms with E-state index in [1.807, 2.05) is 30.3 Å².